The molecule has 0 saturated heterocycles. The number of carbonyl (C=O) groups is 1. The van der Waals surface area contributed by atoms with Gasteiger partial charge in [0.15, 0.2) is 5.82 Å². The summed E-state index contributed by atoms with van der Waals surface area (Å²) < 4.78 is 7.14. The molecular weight excluding hydrogens is 392 g/mol. The minimum atomic E-state index is -0.744. The van der Waals surface area contributed by atoms with Crippen molar-refractivity contribution in [2.45, 2.75) is 0 Å². The van der Waals surface area contributed by atoms with E-state index in [2.05, 4.69) is 4.98 Å². The number of esters is 1. The van der Waals surface area contributed by atoms with Gasteiger partial charge in [-0.2, -0.15) is 4.98 Å². The van der Waals surface area contributed by atoms with E-state index in [1.54, 1.807) is 18.2 Å². The number of fused-ring (bicyclic) bond motifs is 2. The van der Waals surface area contributed by atoms with Gasteiger partial charge in [-0.05, 0) is 30.3 Å². The Balaban J connectivity index is 2.18. The Hall–Kier alpha value is -4.34. The number of non-ortho nitro benzene ring substituents is 1. The fourth-order valence-corrected chi connectivity index (χ4v) is 3.28. The maximum Gasteiger partial charge on any atom is 0.352 e. The number of hydrogen-bond acceptors (Lipinski definition) is 7. The number of carbonyl (C=O) groups excluding carboxylic acids is 1. The Labute approximate surface area is 168 Å². The molecule has 10 nitrogen and oxygen atoms in total. The zero-order valence-electron chi connectivity index (χ0n) is 15.9. The van der Waals surface area contributed by atoms with Gasteiger partial charge in [0.05, 0.1) is 28.7 Å². The first-order chi connectivity index (χ1) is 14.3. The summed E-state index contributed by atoms with van der Waals surface area (Å²) in [6.07, 6.45) is 0. The largest absolute Gasteiger partial charge is 0.465 e. The van der Waals surface area contributed by atoms with Crippen molar-refractivity contribution in [3.05, 3.63) is 85.0 Å². The van der Waals surface area contributed by atoms with Gasteiger partial charge in [0.25, 0.3) is 11.2 Å². The quantitative estimate of drug-likeness (QED) is 0.220. The van der Waals surface area contributed by atoms with Crippen LogP contribution in [0, 0.1) is 10.1 Å². The first kappa shape index (κ1) is 19.0. The molecule has 10 heteroatoms. The number of ether oxygens (including phenoxy) is 1. The van der Waals surface area contributed by atoms with E-state index in [4.69, 9.17) is 4.74 Å². The lowest BCUT2D eigenvalue weighted by molar-refractivity contribution is -0.384. The molecule has 0 saturated carbocycles. The standard InChI is InChI=1S/C20H14N4O6/c1-22-18(25)15-10-12-9-14(24(28)29)6-7-16(12)23(17(15)21-20(22)27)13-5-3-4-11(8-13)19(26)30-2/h3-10H,1-2H3. The molecule has 0 bridgehead atoms. The number of methoxy groups -OCH3 is 1. The molecule has 0 unspecified atom stereocenters. The molecule has 0 aliphatic carbocycles. The van der Waals surface area contributed by atoms with Crippen LogP contribution >= 0.6 is 0 Å². The highest BCUT2D eigenvalue weighted by Crippen LogP contribution is 2.30. The van der Waals surface area contributed by atoms with Gasteiger partial charge in [0.1, 0.15) is 0 Å². The average molecular weight is 406 g/mol. The van der Waals surface area contributed by atoms with E-state index < -0.39 is 22.1 Å². The summed E-state index contributed by atoms with van der Waals surface area (Å²) in [5.41, 5.74) is -0.225. The van der Waals surface area contributed by atoms with E-state index in [1.807, 2.05) is 0 Å². The van der Waals surface area contributed by atoms with E-state index in [-0.39, 0.29) is 22.6 Å². The van der Waals surface area contributed by atoms with Crippen LogP contribution in [0.25, 0.3) is 28.0 Å². The van der Waals surface area contributed by atoms with Crippen LogP contribution in [-0.4, -0.2) is 32.1 Å². The molecule has 2 aromatic carbocycles. The Kier molecular flexibility index (Phi) is 4.38. The van der Waals surface area contributed by atoms with Crippen molar-refractivity contribution in [3.63, 3.8) is 0 Å². The van der Waals surface area contributed by atoms with Gasteiger partial charge in [-0.3, -0.25) is 24.0 Å². The molecule has 0 fully saturated rings. The molecule has 150 valence electrons. The minimum absolute atomic E-state index is 0.0754. The average Bonchev–Trinajstić information content (AvgIpc) is 2.75. The van der Waals surface area contributed by atoms with Gasteiger partial charge in [0, 0.05) is 30.3 Å². The van der Waals surface area contributed by atoms with Crippen molar-refractivity contribution in [2.24, 2.45) is 7.05 Å². The van der Waals surface area contributed by atoms with Crippen LogP contribution in [0.3, 0.4) is 0 Å². The molecule has 2 aliphatic rings. The van der Waals surface area contributed by atoms with Gasteiger partial charge < -0.3 is 4.74 Å². The first-order valence-electron chi connectivity index (χ1n) is 8.71. The highest BCUT2D eigenvalue weighted by molar-refractivity contribution is 5.92. The van der Waals surface area contributed by atoms with Gasteiger partial charge in [-0.1, -0.05) is 6.07 Å². The van der Waals surface area contributed by atoms with E-state index in [0.29, 0.717) is 16.6 Å². The molecular formula is C20H14N4O6. The van der Waals surface area contributed by atoms with Crippen molar-refractivity contribution in [1.29, 1.82) is 0 Å². The number of nitro benzene ring substituents is 1. The van der Waals surface area contributed by atoms with Crippen molar-refractivity contribution >= 4 is 22.6 Å². The number of aromatic nitrogens is 3. The summed E-state index contributed by atoms with van der Waals surface area (Å²) >= 11 is 0. The molecule has 0 spiro atoms. The number of pyridine rings is 1. The van der Waals surface area contributed by atoms with Crippen LogP contribution in [-0.2, 0) is 11.8 Å². The smallest absolute Gasteiger partial charge is 0.352 e. The number of benzene rings is 2. The molecule has 2 aromatic rings. The number of nitrogens with zero attached hydrogens (tertiary/aromatic N) is 4. The van der Waals surface area contributed by atoms with Crippen LogP contribution in [0.15, 0.2) is 58.1 Å². The zero-order valence-corrected chi connectivity index (χ0v) is 15.9. The minimum Gasteiger partial charge on any atom is -0.465 e. The number of hydrogen-bond donors (Lipinski definition) is 0. The first-order valence-corrected chi connectivity index (χ1v) is 8.71. The van der Waals surface area contributed by atoms with E-state index in [0.717, 1.165) is 4.57 Å². The zero-order chi connectivity index (χ0) is 21.6. The van der Waals surface area contributed by atoms with Crippen molar-refractivity contribution in [2.75, 3.05) is 7.11 Å². The highest BCUT2D eigenvalue weighted by atomic mass is 16.6. The maximum atomic E-state index is 12.7. The number of nitro groups is 1. The normalized spacial score (nSPS) is 11.0. The van der Waals surface area contributed by atoms with Gasteiger partial charge in [-0.25, -0.2) is 9.59 Å². The fourth-order valence-electron chi connectivity index (χ4n) is 3.28. The molecule has 2 aliphatic heterocycles. The Morgan fingerprint density at radius 2 is 1.90 bits per heavy atom. The van der Waals surface area contributed by atoms with Crippen molar-refractivity contribution in [1.82, 2.24) is 14.1 Å². The van der Waals surface area contributed by atoms with Crippen molar-refractivity contribution in [3.8, 4) is 17.1 Å². The third-order valence-corrected chi connectivity index (χ3v) is 4.76. The Bertz CT molecular complexity index is 1440. The second-order valence-corrected chi connectivity index (χ2v) is 6.52. The summed E-state index contributed by atoms with van der Waals surface area (Å²) in [4.78, 5) is 51.6. The lowest BCUT2D eigenvalue weighted by atomic mass is 10.1. The van der Waals surface area contributed by atoms with Crippen molar-refractivity contribution < 1.29 is 14.5 Å². The molecule has 30 heavy (non-hydrogen) atoms. The van der Waals surface area contributed by atoms with Crippen LogP contribution in [0.1, 0.15) is 10.4 Å². The number of rotatable bonds is 3. The molecule has 0 aromatic heterocycles. The predicted molar refractivity (Wildman–Crippen MR) is 107 cm³/mol. The van der Waals surface area contributed by atoms with Gasteiger partial charge in [0.2, 0.25) is 0 Å². The van der Waals surface area contributed by atoms with Crippen LogP contribution in [0.4, 0.5) is 5.69 Å². The van der Waals surface area contributed by atoms with E-state index in [1.165, 1.54) is 49.1 Å². The SMILES string of the molecule is COC(=O)c1cccc(-n2c3nc(=O)n(C)c(=O)c-3cc3cc([N+](=O)[O-])ccc32)c1. The van der Waals surface area contributed by atoms with Crippen LogP contribution < -0.4 is 11.2 Å². The summed E-state index contributed by atoms with van der Waals surface area (Å²) in [6.45, 7) is 0. The third-order valence-electron chi connectivity index (χ3n) is 4.76. The summed E-state index contributed by atoms with van der Waals surface area (Å²) in [5.74, 6) is -0.488. The lowest BCUT2D eigenvalue weighted by Gasteiger charge is -2.18. The maximum absolute atomic E-state index is 12.7. The highest BCUT2D eigenvalue weighted by Gasteiger charge is 2.21. The Morgan fingerprint density at radius 3 is 2.60 bits per heavy atom. The molecule has 0 radical (unpaired) electrons. The lowest BCUT2D eigenvalue weighted by Crippen LogP contribution is -2.35. The molecule has 0 N–H and O–H groups in total. The monoisotopic (exact) mass is 406 g/mol. The summed E-state index contributed by atoms with van der Waals surface area (Å²) in [5, 5.41) is 11.6. The topological polar surface area (TPSA) is 126 Å². The molecule has 0 amide bonds. The second kappa shape index (κ2) is 6.92. The third kappa shape index (κ3) is 2.91. The van der Waals surface area contributed by atoms with E-state index in [9.17, 15) is 24.5 Å². The van der Waals surface area contributed by atoms with Crippen LogP contribution in [0.2, 0.25) is 0 Å². The van der Waals surface area contributed by atoms with Gasteiger partial charge >= 0.3 is 11.7 Å². The fraction of sp³-hybridized carbons (Fsp3) is 0.100. The van der Waals surface area contributed by atoms with E-state index >= 15 is 0 Å². The summed E-state index contributed by atoms with van der Waals surface area (Å²) in [7, 11) is 2.56. The Morgan fingerprint density at radius 1 is 1.13 bits per heavy atom. The molecule has 4 rings (SSSR count). The second-order valence-electron chi connectivity index (χ2n) is 6.52. The molecule has 2 heterocycles. The summed E-state index contributed by atoms with van der Waals surface area (Å²) in [6, 6.07) is 12.0. The predicted octanol–water partition coefficient (Wildman–Crippen LogP) is 1.88. The van der Waals surface area contributed by atoms with Crippen LogP contribution in [0.5, 0.6) is 0 Å². The molecule has 0 atom stereocenters. The van der Waals surface area contributed by atoms with Gasteiger partial charge in [-0.15, -0.1) is 0 Å².